The SMILES string of the molecule is CCCCCCCCCNc1ccc(F)c(Br)c1. The average molecular weight is 316 g/mol. The van der Waals surface area contributed by atoms with E-state index in [1.54, 1.807) is 12.1 Å². The minimum atomic E-state index is -0.212. The van der Waals surface area contributed by atoms with Gasteiger partial charge in [0.25, 0.3) is 0 Å². The molecule has 0 aliphatic heterocycles. The summed E-state index contributed by atoms with van der Waals surface area (Å²) in [4.78, 5) is 0. The lowest BCUT2D eigenvalue weighted by Gasteiger charge is -2.07. The molecular formula is C15H23BrFN. The third-order valence-electron chi connectivity index (χ3n) is 3.03. The third-order valence-corrected chi connectivity index (χ3v) is 3.64. The largest absolute Gasteiger partial charge is 0.385 e. The molecule has 0 heterocycles. The van der Waals surface area contributed by atoms with Gasteiger partial charge < -0.3 is 5.32 Å². The van der Waals surface area contributed by atoms with E-state index in [-0.39, 0.29) is 5.82 Å². The Kier molecular flexibility index (Phi) is 8.06. The van der Waals surface area contributed by atoms with Crippen molar-refractivity contribution < 1.29 is 4.39 Å². The van der Waals surface area contributed by atoms with E-state index in [1.807, 2.05) is 0 Å². The Bertz CT molecular complexity index is 341. The average Bonchev–Trinajstić information content (AvgIpc) is 2.37. The Morgan fingerprint density at radius 3 is 2.39 bits per heavy atom. The van der Waals surface area contributed by atoms with Crippen LogP contribution in [0.1, 0.15) is 51.9 Å². The van der Waals surface area contributed by atoms with Crippen molar-refractivity contribution in [3.05, 3.63) is 28.5 Å². The first kappa shape index (κ1) is 15.5. The highest BCUT2D eigenvalue weighted by atomic mass is 79.9. The van der Waals surface area contributed by atoms with Crippen molar-refractivity contribution in [1.29, 1.82) is 0 Å². The number of hydrogen-bond acceptors (Lipinski definition) is 1. The molecule has 102 valence electrons. The van der Waals surface area contributed by atoms with Gasteiger partial charge in [0.05, 0.1) is 4.47 Å². The van der Waals surface area contributed by atoms with Gasteiger partial charge in [0.15, 0.2) is 0 Å². The first-order valence-corrected chi connectivity index (χ1v) is 7.72. The van der Waals surface area contributed by atoms with Gasteiger partial charge in [0, 0.05) is 12.2 Å². The quantitative estimate of drug-likeness (QED) is 0.572. The van der Waals surface area contributed by atoms with Crippen LogP contribution in [0.4, 0.5) is 10.1 Å². The van der Waals surface area contributed by atoms with Crippen molar-refractivity contribution in [3.8, 4) is 0 Å². The molecule has 1 nitrogen and oxygen atoms in total. The molecule has 0 fully saturated rings. The maximum Gasteiger partial charge on any atom is 0.137 e. The monoisotopic (exact) mass is 315 g/mol. The van der Waals surface area contributed by atoms with E-state index in [0.29, 0.717) is 4.47 Å². The molecule has 0 aliphatic carbocycles. The summed E-state index contributed by atoms with van der Waals surface area (Å²) >= 11 is 3.19. The van der Waals surface area contributed by atoms with Crippen LogP contribution < -0.4 is 5.32 Å². The molecular weight excluding hydrogens is 293 g/mol. The molecule has 0 bridgehead atoms. The fraction of sp³-hybridized carbons (Fsp3) is 0.600. The Hall–Kier alpha value is -0.570. The summed E-state index contributed by atoms with van der Waals surface area (Å²) in [5.74, 6) is -0.212. The van der Waals surface area contributed by atoms with Crippen molar-refractivity contribution in [2.24, 2.45) is 0 Å². The molecule has 0 atom stereocenters. The fourth-order valence-electron chi connectivity index (χ4n) is 1.92. The molecule has 1 N–H and O–H groups in total. The van der Waals surface area contributed by atoms with E-state index in [0.717, 1.165) is 12.2 Å². The van der Waals surface area contributed by atoms with E-state index in [4.69, 9.17) is 0 Å². The Morgan fingerprint density at radius 2 is 1.72 bits per heavy atom. The van der Waals surface area contributed by atoms with Gasteiger partial charge in [-0.3, -0.25) is 0 Å². The molecule has 3 heteroatoms. The van der Waals surface area contributed by atoms with Gasteiger partial charge in [-0.05, 0) is 40.5 Å². The zero-order valence-electron chi connectivity index (χ0n) is 11.1. The summed E-state index contributed by atoms with van der Waals surface area (Å²) in [5.41, 5.74) is 0.981. The van der Waals surface area contributed by atoms with Crippen molar-refractivity contribution in [3.63, 3.8) is 0 Å². The van der Waals surface area contributed by atoms with Gasteiger partial charge in [-0.25, -0.2) is 4.39 Å². The van der Waals surface area contributed by atoms with E-state index < -0.39 is 0 Å². The zero-order chi connectivity index (χ0) is 13.2. The van der Waals surface area contributed by atoms with Gasteiger partial charge in [-0.2, -0.15) is 0 Å². The van der Waals surface area contributed by atoms with E-state index in [2.05, 4.69) is 28.2 Å². The minimum absolute atomic E-state index is 0.212. The second kappa shape index (κ2) is 9.37. The van der Waals surface area contributed by atoms with Crippen molar-refractivity contribution >= 4 is 21.6 Å². The smallest absolute Gasteiger partial charge is 0.137 e. The molecule has 1 aromatic rings. The highest BCUT2D eigenvalue weighted by Gasteiger charge is 1.99. The molecule has 0 saturated carbocycles. The van der Waals surface area contributed by atoms with Crippen LogP contribution in [0.5, 0.6) is 0 Å². The summed E-state index contributed by atoms with van der Waals surface area (Å²) in [7, 11) is 0. The lowest BCUT2D eigenvalue weighted by atomic mass is 10.1. The number of anilines is 1. The molecule has 0 amide bonds. The summed E-state index contributed by atoms with van der Waals surface area (Å²) in [6, 6.07) is 5.05. The van der Waals surface area contributed by atoms with Gasteiger partial charge in [-0.1, -0.05) is 45.4 Å². The predicted octanol–water partition coefficient (Wildman–Crippen LogP) is 5.75. The van der Waals surface area contributed by atoms with E-state index in [1.165, 1.54) is 51.0 Å². The Balaban J connectivity index is 2.05. The summed E-state index contributed by atoms with van der Waals surface area (Å²) in [5, 5.41) is 3.32. The van der Waals surface area contributed by atoms with Crippen molar-refractivity contribution in [1.82, 2.24) is 0 Å². The van der Waals surface area contributed by atoms with Gasteiger partial charge >= 0.3 is 0 Å². The predicted molar refractivity (Wildman–Crippen MR) is 80.6 cm³/mol. The van der Waals surface area contributed by atoms with Gasteiger partial charge in [-0.15, -0.1) is 0 Å². The van der Waals surface area contributed by atoms with Crippen LogP contribution in [0.25, 0.3) is 0 Å². The molecule has 0 aliphatic rings. The minimum Gasteiger partial charge on any atom is -0.385 e. The molecule has 0 radical (unpaired) electrons. The molecule has 1 rings (SSSR count). The standard InChI is InChI=1S/C15H23BrFN/c1-2-3-4-5-6-7-8-11-18-13-9-10-15(17)14(16)12-13/h9-10,12,18H,2-8,11H2,1H3. The van der Waals surface area contributed by atoms with E-state index >= 15 is 0 Å². The normalized spacial score (nSPS) is 10.6. The molecule has 1 aromatic carbocycles. The Morgan fingerprint density at radius 1 is 1.06 bits per heavy atom. The number of benzene rings is 1. The molecule has 0 unspecified atom stereocenters. The Labute approximate surface area is 118 Å². The second-order valence-electron chi connectivity index (χ2n) is 4.68. The topological polar surface area (TPSA) is 12.0 Å². The molecule has 0 saturated heterocycles. The van der Waals surface area contributed by atoms with Crippen LogP contribution in [0.15, 0.2) is 22.7 Å². The molecule has 0 spiro atoms. The number of halogens is 2. The fourth-order valence-corrected chi connectivity index (χ4v) is 2.30. The summed E-state index contributed by atoms with van der Waals surface area (Å²) in [6.07, 6.45) is 9.18. The van der Waals surface area contributed by atoms with Crippen LogP contribution in [-0.4, -0.2) is 6.54 Å². The number of hydrogen-bond donors (Lipinski definition) is 1. The maximum atomic E-state index is 13.0. The van der Waals surface area contributed by atoms with Crippen molar-refractivity contribution in [2.45, 2.75) is 51.9 Å². The van der Waals surface area contributed by atoms with Gasteiger partial charge in [0.2, 0.25) is 0 Å². The lowest BCUT2D eigenvalue weighted by Crippen LogP contribution is -2.01. The van der Waals surface area contributed by atoms with Crippen LogP contribution >= 0.6 is 15.9 Å². The summed E-state index contributed by atoms with van der Waals surface area (Å²) in [6.45, 7) is 3.20. The highest BCUT2D eigenvalue weighted by Crippen LogP contribution is 2.20. The number of unbranched alkanes of at least 4 members (excludes halogenated alkanes) is 6. The van der Waals surface area contributed by atoms with E-state index in [9.17, 15) is 4.39 Å². The highest BCUT2D eigenvalue weighted by molar-refractivity contribution is 9.10. The van der Waals surface area contributed by atoms with Crippen LogP contribution in [0.3, 0.4) is 0 Å². The second-order valence-corrected chi connectivity index (χ2v) is 5.53. The maximum absolute atomic E-state index is 13.0. The van der Waals surface area contributed by atoms with Gasteiger partial charge in [0.1, 0.15) is 5.82 Å². The third kappa shape index (κ3) is 6.39. The molecule has 18 heavy (non-hydrogen) atoms. The van der Waals surface area contributed by atoms with Crippen LogP contribution in [0.2, 0.25) is 0 Å². The zero-order valence-corrected chi connectivity index (χ0v) is 12.7. The first-order valence-electron chi connectivity index (χ1n) is 6.93. The van der Waals surface area contributed by atoms with Crippen LogP contribution in [-0.2, 0) is 0 Å². The number of nitrogens with one attached hydrogen (secondary N) is 1. The number of rotatable bonds is 9. The molecule has 0 aromatic heterocycles. The first-order chi connectivity index (χ1) is 8.74. The lowest BCUT2D eigenvalue weighted by molar-refractivity contribution is 0.596. The van der Waals surface area contributed by atoms with Crippen LogP contribution in [0, 0.1) is 5.82 Å². The van der Waals surface area contributed by atoms with Crippen molar-refractivity contribution in [2.75, 3.05) is 11.9 Å². The summed E-state index contributed by atoms with van der Waals surface area (Å²) < 4.78 is 13.5.